The summed E-state index contributed by atoms with van der Waals surface area (Å²) in [5, 5.41) is 0. The van der Waals surface area contributed by atoms with E-state index in [4.69, 9.17) is 0 Å². The molecule has 5 rings (SSSR count). The molecule has 0 bridgehead atoms. The predicted molar refractivity (Wildman–Crippen MR) is 88.9 cm³/mol. The first-order valence-corrected chi connectivity index (χ1v) is 15.5. The second kappa shape index (κ2) is 5.69. The smallest absolute Gasteiger partial charge is 0.269 e. The van der Waals surface area contributed by atoms with Gasteiger partial charge < -0.3 is 0 Å². The van der Waals surface area contributed by atoms with Gasteiger partial charge in [0.15, 0.2) is 0 Å². The second-order valence-corrected chi connectivity index (χ2v) is 19.5. The van der Waals surface area contributed by atoms with Gasteiger partial charge in [-0.1, -0.05) is 0 Å². The van der Waals surface area contributed by atoms with Crippen LogP contribution in [0, 0.1) is 0 Å². The summed E-state index contributed by atoms with van der Waals surface area (Å²) in [6.07, 6.45) is 21.9. The van der Waals surface area contributed by atoms with Crippen LogP contribution in [0.15, 0.2) is 46.6 Å². The Morgan fingerprint density at radius 1 is 0.682 bits per heavy atom. The molecule has 4 aliphatic carbocycles. The van der Waals surface area contributed by atoms with Crippen molar-refractivity contribution >= 4 is 0 Å². The van der Waals surface area contributed by atoms with Gasteiger partial charge in [0.05, 0.1) is 0 Å². The first-order valence-electron chi connectivity index (χ1n) is 9.19. The zero-order chi connectivity index (χ0) is 13.9. The number of hydrogen-bond acceptors (Lipinski definition) is 0. The number of halogens is 1. The third-order valence-electron chi connectivity index (χ3n) is 6.91. The van der Waals surface area contributed by atoms with Crippen LogP contribution in [0.1, 0.15) is 51.4 Å². The summed E-state index contributed by atoms with van der Waals surface area (Å²) in [7, 11) is 0. The maximum atomic E-state index is 2.69. The van der Waals surface area contributed by atoms with Gasteiger partial charge in [0.2, 0.25) is 0 Å². The Balaban J connectivity index is 0.00000125. The summed E-state index contributed by atoms with van der Waals surface area (Å²) >= 11 is -1.96. The van der Waals surface area contributed by atoms with Gasteiger partial charge in [-0.15, -0.1) is 0 Å². The van der Waals surface area contributed by atoms with Crippen molar-refractivity contribution in [3.8, 4) is 0 Å². The maximum Gasteiger partial charge on any atom is -0.269 e. The van der Waals surface area contributed by atoms with Crippen LogP contribution in [0.2, 0.25) is 15.5 Å². The van der Waals surface area contributed by atoms with Gasteiger partial charge in [-0.05, 0) is 0 Å². The SMILES string of the molecule is C1=C[CH]([Zr]2([CH]3C=CC4=C3CCCC4)[CH2][CH2]2)C2=C1CCCC2.F. The number of rotatable bonds is 2. The molecule has 22 heavy (non-hydrogen) atoms. The van der Waals surface area contributed by atoms with Crippen LogP contribution < -0.4 is 0 Å². The van der Waals surface area contributed by atoms with E-state index in [0.717, 1.165) is 7.25 Å². The molecule has 0 N–H and O–H groups in total. The molecule has 5 aliphatic rings. The first-order chi connectivity index (χ1) is 10.4. The summed E-state index contributed by atoms with van der Waals surface area (Å²) in [6.45, 7) is 0. The molecule has 1 fully saturated rings. The summed E-state index contributed by atoms with van der Waals surface area (Å²) in [6, 6.07) is 0. The van der Waals surface area contributed by atoms with Gasteiger partial charge in [0.25, 0.3) is 0 Å². The van der Waals surface area contributed by atoms with E-state index in [1.54, 1.807) is 19.4 Å². The Labute approximate surface area is 138 Å². The van der Waals surface area contributed by atoms with E-state index in [1.165, 1.54) is 51.4 Å². The zero-order valence-electron chi connectivity index (χ0n) is 13.4. The number of hydrogen-bond donors (Lipinski definition) is 0. The van der Waals surface area contributed by atoms with Crippen LogP contribution in [0.25, 0.3) is 0 Å². The van der Waals surface area contributed by atoms with Crippen LogP contribution in [0.5, 0.6) is 0 Å². The van der Waals surface area contributed by atoms with Gasteiger partial charge in [0, 0.05) is 0 Å². The summed E-state index contributed by atoms with van der Waals surface area (Å²) in [5.74, 6) is 0. The quantitative estimate of drug-likeness (QED) is 0.508. The van der Waals surface area contributed by atoms with E-state index in [1.807, 2.05) is 11.1 Å². The van der Waals surface area contributed by atoms with Gasteiger partial charge in [-0.25, -0.2) is 0 Å². The molecule has 0 nitrogen and oxygen atoms in total. The molecule has 0 aromatic heterocycles. The van der Waals surface area contributed by atoms with Crippen LogP contribution in [0.4, 0.5) is 4.70 Å². The largest absolute Gasteiger partial charge is 0.269 e. The third kappa shape index (κ3) is 2.16. The Hall–Kier alpha value is -0.227. The van der Waals surface area contributed by atoms with Crippen LogP contribution in [-0.4, -0.2) is 0 Å². The fourth-order valence-electron chi connectivity index (χ4n) is 5.69. The van der Waals surface area contributed by atoms with Crippen molar-refractivity contribution < 1.29 is 25.0 Å². The van der Waals surface area contributed by atoms with Crippen molar-refractivity contribution in [3.05, 3.63) is 46.6 Å². The van der Waals surface area contributed by atoms with E-state index in [0.29, 0.717) is 0 Å². The molecular weight excluding hydrogens is 350 g/mol. The summed E-state index contributed by atoms with van der Waals surface area (Å²) < 4.78 is 5.34. The van der Waals surface area contributed by atoms with E-state index in [9.17, 15) is 0 Å². The minimum atomic E-state index is -1.96. The van der Waals surface area contributed by atoms with Gasteiger partial charge in [-0.2, -0.15) is 0 Å². The molecule has 0 aromatic carbocycles. The van der Waals surface area contributed by atoms with Crippen molar-refractivity contribution in [3.63, 3.8) is 0 Å². The third-order valence-corrected chi connectivity index (χ3v) is 19.7. The monoisotopic (exact) mass is 376 g/mol. The van der Waals surface area contributed by atoms with Crippen molar-refractivity contribution in [2.45, 2.75) is 66.9 Å². The molecule has 0 amide bonds. The van der Waals surface area contributed by atoms with Crippen molar-refractivity contribution in [2.75, 3.05) is 0 Å². The first kappa shape index (κ1) is 15.3. The van der Waals surface area contributed by atoms with E-state index >= 15 is 0 Å². The normalized spacial score (nSPS) is 34.5. The van der Waals surface area contributed by atoms with Crippen LogP contribution in [-0.2, 0) is 20.3 Å². The van der Waals surface area contributed by atoms with E-state index < -0.39 is 20.3 Å². The van der Waals surface area contributed by atoms with Crippen LogP contribution in [0.3, 0.4) is 0 Å². The summed E-state index contributed by atoms with van der Waals surface area (Å²) in [4.78, 5) is 0. The topological polar surface area (TPSA) is 0 Å². The van der Waals surface area contributed by atoms with Crippen molar-refractivity contribution in [2.24, 2.45) is 0 Å². The Kier molecular flexibility index (Phi) is 3.96. The molecular formula is C20H27FZr. The van der Waals surface area contributed by atoms with Crippen molar-refractivity contribution in [1.82, 2.24) is 0 Å². The second-order valence-electron chi connectivity index (χ2n) is 7.92. The van der Waals surface area contributed by atoms with Gasteiger partial charge in [-0.3, -0.25) is 4.70 Å². The van der Waals surface area contributed by atoms with Gasteiger partial charge in [0.1, 0.15) is 0 Å². The average molecular weight is 378 g/mol. The standard InChI is InChI=1S/2C9H11.C2H4.FH.Zr/c2*1-2-5-9-7-3-6-8(9)4-1;1-2;;/h2*3,6-7H,1-2,4-5H2;1-2H2;1H;. The minimum absolute atomic E-state index is 0. The molecule has 1 aliphatic heterocycles. The molecule has 0 aromatic rings. The van der Waals surface area contributed by atoms with E-state index in [2.05, 4.69) is 24.3 Å². The number of allylic oxidation sites excluding steroid dienone is 8. The molecule has 0 spiro atoms. The molecule has 118 valence electrons. The molecule has 0 radical (unpaired) electrons. The fraction of sp³-hybridized carbons (Fsp3) is 0.600. The predicted octanol–water partition coefficient (Wildman–Crippen LogP) is 6.60. The Morgan fingerprint density at radius 3 is 1.59 bits per heavy atom. The zero-order valence-corrected chi connectivity index (χ0v) is 15.9. The Bertz CT molecular complexity index is 553. The average Bonchev–Trinajstić information content (AvgIpc) is 3.03. The van der Waals surface area contributed by atoms with Crippen molar-refractivity contribution in [1.29, 1.82) is 0 Å². The molecule has 1 saturated heterocycles. The minimum Gasteiger partial charge on any atom is -0.269 e. The molecule has 2 unspecified atom stereocenters. The Morgan fingerprint density at radius 2 is 1.14 bits per heavy atom. The molecule has 2 heteroatoms. The van der Waals surface area contributed by atoms with E-state index in [-0.39, 0.29) is 4.70 Å². The molecule has 2 atom stereocenters. The fourth-order valence-corrected chi connectivity index (χ4v) is 22.0. The summed E-state index contributed by atoms with van der Waals surface area (Å²) in [5.41, 5.74) is 7.42. The van der Waals surface area contributed by atoms with Crippen LogP contribution >= 0.6 is 0 Å². The van der Waals surface area contributed by atoms with Gasteiger partial charge >= 0.3 is 134 Å². The maximum absolute atomic E-state index is 2.69. The molecule has 1 heterocycles. The molecule has 0 saturated carbocycles.